The normalized spacial score (nSPS) is 23.7. The molecule has 1 aliphatic heterocycles. The van der Waals surface area contributed by atoms with Crippen molar-refractivity contribution in [1.29, 1.82) is 0 Å². The van der Waals surface area contributed by atoms with E-state index in [2.05, 4.69) is 6.92 Å². The van der Waals surface area contributed by atoms with Crippen molar-refractivity contribution in [2.45, 2.75) is 33.6 Å². The molecule has 1 atom stereocenters. The van der Waals surface area contributed by atoms with Crippen molar-refractivity contribution in [2.24, 2.45) is 11.3 Å². The van der Waals surface area contributed by atoms with E-state index in [1.54, 1.807) is 0 Å². The highest BCUT2D eigenvalue weighted by Gasteiger charge is 2.32. The van der Waals surface area contributed by atoms with Crippen LogP contribution in [-0.4, -0.2) is 29.8 Å². The summed E-state index contributed by atoms with van der Waals surface area (Å²) >= 11 is 5.80. The minimum atomic E-state index is -0.404. The van der Waals surface area contributed by atoms with E-state index in [1.165, 1.54) is 6.42 Å². The standard InChI is InChI=1S/C11H20ClNO/c1-9-5-4-6-13(7-9)10(14)11(2,3)8-12/h9H,4-8H2,1-3H3. The Morgan fingerprint density at radius 2 is 2.21 bits per heavy atom. The van der Waals surface area contributed by atoms with E-state index >= 15 is 0 Å². The van der Waals surface area contributed by atoms with Crippen LogP contribution in [0.1, 0.15) is 33.6 Å². The lowest BCUT2D eigenvalue weighted by molar-refractivity contribution is -0.141. The van der Waals surface area contributed by atoms with Crippen LogP contribution in [0.2, 0.25) is 0 Å². The van der Waals surface area contributed by atoms with Gasteiger partial charge in [0.05, 0.1) is 5.41 Å². The van der Waals surface area contributed by atoms with Gasteiger partial charge in [-0.2, -0.15) is 0 Å². The molecule has 2 nitrogen and oxygen atoms in total. The quantitative estimate of drug-likeness (QED) is 0.651. The van der Waals surface area contributed by atoms with Crippen LogP contribution in [0.15, 0.2) is 0 Å². The van der Waals surface area contributed by atoms with Crippen molar-refractivity contribution >= 4 is 17.5 Å². The number of rotatable bonds is 2. The van der Waals surface area contributed by atoms with Crippen LogP contribution in [0, 0.1) is 11.3 Å². The summed E-state index contributed by atoms with van der Waals surface area (Å²) in [5.74, 6) is 1.24. The zero-order chi connectivity index (χ0) is 10.8. The number of hydrogen-bond donors (Lipinski definition) is 0. The third-order valence-corrected chi connectivity index (χ3v) is 3.53. The fourth-order valence-corrected chi connectivity index (χ4v) is 1.97. The lowest BCUT2D eigenvalue weighted by Crippen LogP contribution is -2.46. The first-order chi connectivity index (χ1) is 6.47. The molecule has 0 N–H and O–H groups in total. The van der Waals surface area contributed by atoms with E-state index in [4.69, 9.17) is 11.6 Å². The van der Waals surface area contributed by atoms with Gasteiger partial charge < -0.3 is 4.90 Å². The molecule has 1 fully saturated rings. The van der Waals surface area contributed by atoms with Gasteiger partial charge >= 0.3 is 0 Å². The van der Waals surface area contributed by atoms with Crippen LogP contribution in [0.5, 0.6) is 0 Å². The number of alkyl halides is 1. The maximum atomic E-state index is 12.0. The van der Waals surface area contributed by atoms with E-state index in [1.807, 2.05) is 18.7 Å². The molecule has 1 saturated heterocycles. The summed E-state index contributed by atoms with van der Waals surface area (Å²) in [6, 6.07) is 0. The summed E-state index contributed by atoms with van der Waals surface area (Å²) in [5.41, 5.74) is -0.404. The zero-order valence-electron chi connectivity index (χ0n) is 9.35. The Morgan fingerprint density at radius 3 is 2.71 bits per heavy atom. The van der Waals surface area contributed by atoms with E-state index in [-0.39, 0.29) is 5.91 Å². The molecule has 3 heteroatoms. The van der Waals surface area contributed by atoms with E-state index < -0.39 is 5.41 Å². The average Bonchev–Trinajstić information content (AvgIpc) is 2.16. The molecule has 1 rings (SSSR count). The molecule has 1 aliphatic rings. The highest BCUT2D eigenvalue weighted by atomic mass is 35.5. The number of carbonyl (C=O) groups is 1. The molecule has 1 amide bonds. The number of likely N-dealkylation sites (tertiary alicyclic amines) is 1. The van der Waals surface area contributed by atoms with Crippen LogP contribution in [0.25, 0.3) is 0 Å². The van der Waals surface area contributed by atoms with Crippen molar-refractivity contribution in [3.05, 3.63) is 0 Å². The summed E-state index contributed by atoms with van der Waals surface area (Å²) < 4.78 is 0. The molecule has 0 radical (unpaired) electrons. The molecule has 0 aliphatic carbocycles. The second-order valence-corrected chi connectivity index (χ2v) is 5.28. The van der Waals surface area contributed by atoms with Gasteiger partial charge in [-0.3, -0.25) is 4.79 Å². The van der Waals surface area contributed by atoms with Crippen molar-refractivity contribution in [3.8, 4) is 0 Å². The van der Waals surface area contributed by atoms with Crippen molar-refractivity contribution < 1.29 is 4.79 Å². The third kappa shape index (κ3) is 2.63. The van der Waals surface area contributed by atoms with Crippen LogP contribution in [0.3, 0.4) is 0 Å². The first-order valence-electron chi connectivity index (χ1n) is 5.32. The number of amides is 1. The molecule has 0 aromatic heterocycles. The highest BCUT2D eigenvalue weighted by molar-refractivity contribution is 6.19. The van der Waals surface area contributed by atoms with Gasteiger partial charge in [0.25, 0.3) is 0 Å². The predicted octanol–water partition coefficient (Wildman–Crippen LogP) is 2.51. The van der Waals surface area contributed by atoms with Gasteiger partial charge in [-0.25, -0.2) is 0 Å². The topological polar surface area (TPSA) is 20.3 Å². The van der Waals surface area contributed by atoms with E-state index in [9.17, 15) is 4.79 Å². The van der Waals surface area contributed by atoms with E-state index in [0.29, 0.717) is 11.8 Å². The lowest BCUT2D eigenvalue weighted by Gasteiger charge is -2.35. The monoisotopic (exact) mass is 217 g/mol. The second-order valence-electron chi connectivity index (χ2n) is 5.02. The summed E-state index contributed by atoms with van der Waals surface area (Å²) in [7, 11) is 0. The molecule has 0 bridgehead atoms. The molecule has 0 aromatic rings. The lowest BCUT2D eigenvalue weighted by atomic mass is 9.91. The minimum Gasteiger partial charge on any atom is -0.342 e. The Balaban J connectivity index is 2.60. The van der Waals surface area contributed by atoms with Gasteiger partial charge in [-0.15, -0.1) is 11.6 Å². The molecule has 0 saturated carbocycles. The van der Waals surface area contributed by atoms with Crippen molar-refractivity contribution in [2.75, 3.05) is 19.0 Å². The SMILES string of the molecule is CC1CCCN(C(=O)C(C)(C)CCl)C1. The van der Waals surface area contributed by atoms with Crippen LogP contribution in [0.4, 0.5) is 0 Å². The zero-order valence-corrected chi connectivity index (χ0v) is 10.1. The van der Waals surface area contributed by atoms with Gasteiger partial charge in [0.2, 0.25) is 5.91 Å². The Morgan fingerprint density at radius 1 is 1.57 bits per heavy atom. The largest absolute Gasteiger partial charge is 0.342 e. The Bertz CT molecular complexity index is 215. The molecule has 0 spiro atoms. The average molecular weight is 218 g/mol. The fourth-order valence-electron chi connectivity index (χ4n) is 1.86. The number of hydrogen-bond acceptors (Lipinski definition) is 1. The Hall–Kier alpha value is -0.240. The smallest absolute Gasteiger partial charge is 0.229 e. The van der Waals surface area contributed by atoms with Crippen LogP contribution in [-0.2, 0) is 4.79 Å². The molecular weight excluding hydrogens is 198 g/mol. The van der Waals surface area contributed by atoms with Gasteiger partial charge in [-0.1, -0.05) is 6.92 Å². The van der Waals surface area contributed by atoms with Gasteiger partial charge in [0.1, 0.15) is 0 Å². The molecule has 14 heavy (non-hydrogen) atoms. The Labute approximate surface area is 91.6 Å². The number of halogens is 1. The minimum absolute atomic E-state index is 0.207. The first kappa shape index (κ1) is 11.8. The van der Waals surface area contributed by atoms with Gasteiger partial charge in [0, 0.05) is 19.0 Å². The van der Waals surface area contributed by atoms with Crippen molar-refractivity contribution in [3.63, 3.8) is 0 Å². The Kier molecular flexibility index (Phi) is 3.82. The molecule has 82 valence electrons. The molecule has 1 unspecified atom stereocenters. The fraction of sp³-hybridized carbons (Fsp3) is 0.909. The van der Waals surface area contributed by atoms with E-state index in [0.717, 1.165) is 19.5 Å². The first-order valence-corrected chi connectivity index (χ1v) is 5.86. The summed E-state index contributed by atoms with van der Waals surface area (Å²) in [4.78, 5) is 14.0. The number of carbonyl (C=O) groups excluding carboxylic acids is 1. The third-order valence-electron chi connectivity index (χ3n) is 2.86. The summed E-state index contributed by atoms with van der Waals surface area (Å²) in [6.07, 6.45) is 2.37. The summed E-state index contributed by atoms with van der Waals surface area (Å²) in [6.45, 7) is 7.85. The van der Waals surface area contributed by atoms with Crippen LogP contribution < -0.4 is 0 Å². The van der Waals surface area contributed by atoms with Crippen molar-refractivity contribution in [1.82, 2.24) is 4.90 Å². The number of piperidine rings is 1. The van der Waals surface area contributed by atoms with Crippen LogP contribution >= 0.6 is 11.6 Å². The summed E-state index contributed by atoms with van der Waals surface area (Å²) in [5, 5.41) is 0. The number of nitrogens with zero attached hydrogens (tertiary/aromatic N) is 1. The molecule has 1 heterocycles. The highest BCUT2D eigenvalue weighted by Crippen LogP contribution is 2.24. The maximum absolute atomic E-state index is 12.0. The van der Waals surface area contributed by atoms with Gasteiger partial charge in [0.15, 0.2) is 0 Å². The predicted molar refractivity (Wildman–Crippen MR) is 59.5 cm³/mol. The molecular formula is C11H20ClNO. The van der Waals surface area contributed by atoms with Gasteiger partial charge in [-0.05, 0) is 32.6 Å². The maximum Gasteiger partial charge on any atom is 0.229 e. The molecule has 0 aromatic carbocycles. The second kappa shape index (κ2) is 4.52.